The highest BCUT2D eigenvalue weighted by molar-refractivity contribution is 7.95. The van der Waals surface area contributed by atoms with Gasteiger partial charge in [-0.3, -0.25) is 0 Å². The van der Waals surface area contributed by atoms with E-state index in [9.17, 15) is 13.5 Å². The van der Waals surface area contributed by atoms with Gasteiger partial charge >= 0.3 is 0 Å². The minimum absolute atomic E-state index is 0.142. The van der Waals surface area contributed by atoms with Gasteiger partial charge in [0.25, 0.3) is 0 Å². The first kappa shape index (κ1) is 12.3. The van der Waals surface area contributed by atoms with Gasteiger partial charge in [0.2, 0.25) is 9.84 Å². The van der Waals surface area contributed by atoms with Crippen molar-refractivity contribution in [2.24, 2.45) is 0 Å². The summed E-state index contributed by atoms with van der Waals surface area (Å²) < 4.78 is 24.5. The fraction of sp³-hybridized carbons (Fsp3) is 0.385. The number of aliphatic hydroxyl groups is 1. The Labute approximate surface area is 102 Å². The van der Waals surface area contributed by atoms with Crippen molar-refractivity contribution < 1.29 is 13.5 Å². The standard InChI is InChI=1S/C13H16O3S/c1-9-4-5-10-7-11(8-13(2,3)14)17(15,16)12(10)6-9/h4-7,14H,8H2,1-3H3. The minimum atomic E-state index is -3.40. The van der Waals surface area contributed by atoms with Gasteiger partial charge in [-0.25, -0.2) is 8.42 Å². The van der Waals surface area contributed by atoms with Gasteiger partial charge in [-0.2, -0.15) is 0 Å². The Kier molecular flexibility index (Phi) is 2.67. The van der Waals surface area contributed by atoms with E-state index in [-0.39, 0.29) is 6.42 Å². The molecule has 1 aromatic carbocycles. The maximum absolute atomic E-state index is 12.2. The molecule has 1 aliphatic rings. The fourth-order valence-corrected chi connectivity index (χ4v) is 3.84. The van der Waals surface area contributed by atoms with Crippen molar-refractivity contribution in [3.63, 3.8) is 0 Å². The van der Waals surface area contributed by atoms with Gasteiger partial charge in [0.05, 0.1) is 15.4 Å². The molecular weight excluding hydrogens is 236 g/mol. The first-order valence-electron chi connectivity index (χ1n) is 5.49. The van der Waals surface area contributed by atoms with E-state index >= 15 is 0 Å². The molecular formula is C13H16O3S. The largest absolute Gasteiger partial charge is 0.390 e. The number of sulfone groups is 1. The zero-order valence-electron chi connectivity index (χ0n) is 10.2. The number of hydrogen-bond donors (Lipinski definition) is 1. The SMILES string of the molecule is Cc1ccc2c(c1)S(=O)(=O)C(CC(C)(C)O)=C2. The molecule has 0 saturated carbocycles. The van der Waals surface area contributed by atoms with E-state index in [4.69, 9.17) is 0 Å². The molecule has 4 heteroatoms. The third-order valence-corrected chi connectivity index (χ3v) is 4.61. The van der Waals surface area contributed by atoms with Crippen molar-refractivity contribution in [2.75, 3.05) is 0 Å². The fourth-order valence-electron chi connectivity index (χ4n) is 1.96. The average molecular weight is 252 g/mol. The average Bonchev–Trinajstić information content (AvgIpc) is 2.38. The predicted octanol–water partition coefficient (Wildman–Crippen LogP) is 2.28. The van der Waals surface area contributed by atoms with E-state index in [1.54, 1.807) is 32.1 Å². The van der Waals surface area contributed by atoms with Crippen LogP contribution in [0, 0.1) is 6.92 Å². The molecule has 0 radical (unpaired) electrons. The summed E-state index contributed by atoms with van der Waals surface area (Å²) in [4.78, 5) is 0.655. The normalized spacial score (nSPS) is 17.8. The van der Waals surface area contributed by atoms with Gasteiger partial charge < -0.3 is 5.11 Å². The molecule has 2 rings (SSSR count). The van der Waals surface area contributed by atoms with E-state index in [0.29, 0.717) is 9.80 Å². The van der Waals surface area contributed by atoms with Gasteiger partial charge in [0.1, 0.15) is 0 Å². The van der Waals surface area contributed by atoms with Crippen LogP contribution in [0.15, 0.2) is 28.0 Å². The molecule has 0 fully saturated rings. The Morgan fingerprint density at radius 3 is 2.53 bits per heavy atom. The summed E-state index contributed by atoms with van der Waals surface area (Å²) in [5, 5.41) is 9.74. The summed E-state index contributed by atoms with van der Waals surface area (Å²) in [5.41, 5.74) is 0.621. The zero-order chi connectivity index (χ0) is 12.8. The maximum atomic E-state index is 12.2. The Hall–Kier alpha value is -1.13. The summed E-state index contributed by atoms with van der Waals surface area (Å²) in [5.74, 6) is 0. The molecule has 0 aliphatic carbocycles. The molecule has 0 amide bonds. The number of fused-ring (bicyclic) bond motifs is 1. The van der Waals surface area contributed by atoms with Gasteiger partial charge in [-0.1, -0.05) is 12.1 Å². The first-order chi connectivity index (χ1) is 7.70. The van der Waals surface area contributed by atoms with E-state index in [2.05, 4.69) is 0 Å². The van der Waals surface area contributed by atoms with Crippen LogP contribution >= 0.6 is 0 Å². The van der Waals surface area contributed by atoms with Crippen molar-refractivity contribution in [3.05, 3.63) is 34.2 Å². The summed E-state index contributed by atoms with van der Waals surface area (Å²) in [7, 11) is -3.40. The number of benzene rings is 1. The molecule has 92 valence electrons. The molecule has 0 unspecified atom stereocenters. The van der Waals surface area contributed by atoms with Crippen molar-refractivity contribution >= 4 is 15.9 Å². The van der Waals surface area contributed by atoms with Crippen LogP contribution < -0.4 is 0 Å². The number of rotatable bonds is 2. The molecule has 1 heterocycles. The van der Waals surface area contributed by atoms with E-state index in [0.717, 1.165) is 11.1 Å². The predicted molar refractivity (Wildman–Crippen MR) is 67.3 cm³/mol. The molecule has 0 bridgehead atoms. The lowest BCUT2D eigenvalue weighted by Gasteiger charge is -2.17. The molecule has 17 heavy (non-hydrogen) atoms. The van der Waals surface area contributed by atoms with Crippen LogP contribution in [0.5, 0.6) is 0 Å². The third kappa shape index (κ3) is 2.28. The van der Waals surface area contributed by atoms with Gasteiger partial charge in [0.15, 0.2) is 0 Å². The Morgan fingerprint density at radius 2 is 1.94 bits per heavy atom. The van der Waals surface area contributed by atoms with Crippen molar-refractivity contribution in [3.8, 4) is 0 Å². The second kappa shape index (κ2) is 3.68. The van der Waals surface area contributed by atoms with E-state index < -0.39 is 15.4 Å². The Balaban J connectivity index is 2.50. The summed E-state index contributed by atoms with van der Waals surface area (Å²) >= 11 is 0. The molecule has 0 atom stereocenters. The summed E-state index contributed by atoms with van der Waals surface area (Å²) in [6.07, 6.45) is 1.80. The molecule has 0 saturated heterocycles. The number of hydrogen-bond acceptors (Lipinski definition) is 3. The zero-order valence-corrected chi connectivity index (χ0v) is 11.0. The molecule has 1 aliphatic heterocycles. The topological polar surface area (TPSA) is 54.4 Å². The van der Waals surface area contributed by atoms with Crippen LogP contribution in [-0.2, 0) is 9.84 Å². The molecule has 0 spiro atoms. The van der Waals surface area contributed by atoms with Crippen molar-refractivity contribution in [1.29, 1.82) is 0 Å². The van der Waals surface area contributed by atoms with Crippen LogP contribution in [-0.4, -0.2) is 19.1 Å². The third-order valence-electron chi connectivity index (χ3n) is 2.73. The van der Waals surface area contributed by atoms with Crippen LogP contribution in [0.4, 0.5) is 0 Å². The van der Waals surface area contributed by atoms with Gasteiger partial charge in [-0.15, -0.1) is 0 Å². The van der Waals surface area contributed by atoms with E-state index in [1.165, 1.54) is 0 Å². The van der Waals surface area contributed by atoms with Crippen LogP contribution in [0.1, 0.15) is 31.4 Å². The van der Waals surface area contributed by atoms with Crippen LogP contribution in [0.3, 0.4) is 0 Å². The van der Waals surface area contributed by atoms with Gasteiger partial charge in [0, 0.05) is 6.42 Å². The lowest BCUT2D eigenvalue weighted by Crippen LogP contribution is -2.21. The second-order valence-corrected chi connectivity index (χ2v) is 7.12. The summed E-state index contributed by atoms with van der Waals surface area (Å²) in [6.45, 7) is 5.08. The number of aryl methyl sites for hydroxylation is 1. The lowest BCUT2D eigenvalue weighted by molar-refractivity contribution is 0.0829. The second-order valence-electron chi connectivity index (χ2n) is 5.14. The maximum Gasteiger partial charge on any atom is 0.203 e. The lowest BCUT2D eigenvalue weighted by atomic mass is 10.0. The van der Waals surface area contributed by atoms with Gasteiger partial charge in [-0.05, 0) is 44.0 Å². The van der Waals surface area contributed by atoms with Crippen LogP contribution in [0.25, 0.3) is 6.08 Å². The highest BCUT2D eigenvalue weighted by Crippen LogP contribution is 2.37. The molecule has 1 aromatic rings. The molecule has 1 N–H and O–H groups in total. The first-order valence-corrected chi connectivity index (χ1v) is 6.97. The minimum Gasteiger partial charge on any atom is -0.390 e. The van der Waals surface area contributed by atoms with Crippen molar-refractivity contribution in [1.82, 2.24) is 0 Å². The smallest absolute Gasteiger partial charge is 0.203 e. The molecule has 3 nitrogen and oxygen atoms in total. The quantitative estimate of drug-likeness (QED) is 0.878. The van der Waals surface area contributed by atoms with Crippen LogP contribution in [0.2, 0.25) is 0 Å². The highest BCUT2D eigenvalue weighted by Gasteiger charge is 2.32. The van der Waals surface area contributed by atoms with E-state index in [1.807, 2.05) is 13.0 Å². The monoisotopic (exact) mass is 252 g/mol. The Bertz CT molecular complexity index is 590. The highest BCUT2D eigenvalue weighted by atomic mass is 32.2. The molecule has 0 aromatic heterocycles. The summed E-state index contributed by atoms with van der Waals surface area (Å²) in [6, 6.07) is 5.37. The van der Waals surface area contributed by atoms with Crippen molar-refractivity contribution in [2.45, 2.75) is 37.7 Å². The Morgan fingerprint density at radius 1 is 1.29 bits per heavy atom.